The number of fused-ring (bicyclic) bond motifs is 1. The molecule has 4 rings (SSSR count). The summed E-state index contributed by atoms with van der Waals surface area (Å²) in [5.74, 6) is 0.936. The first-order chi connectivity index (χ1) is 11.8. The fourth-order valence-electron chi connectivity index (χ4n) is 2.60. The zero-order valence-corrected chi connectivity index (χ0v) is 13.1. The van der Waals surface area contributed by atoms with Gasteiger partial charge in [-0.05, 0) is 47.2 Å². The molecule has 120 valence electrons. The molecule has 0 bridgehead atoms. The predicted octanol–water partition coefficient (Wildman–Crippen LogP) is 3.41. The molecule has 1 heterocycles. The lowest BCUT2D eigenvalue weighted by Gasteiger charge is -2.27. The van der Waals surface area contributed by atoms with Gasteiger partial charge in [-0.3, -0.25) is 0 Å². The molecule has 0 aliphatic carbocycles. The number of rotatable bonds is 4. The molecule has 0 aromatic heterocycles. The van der Waals surface area contributed by atoms with Crippen molar-refractivity contribution in [2.75, 3.05) is 13.1 Å². The van der Waals surface area contributed by atoms with Crippen LogP contribution in [0.15, 0.2) is 66.7 Å². The third-order valence-corrected chi connectivity index (χ3v) is 4.07. The van der Waals surface area contributed by atoms with E-state index in [2.05, 4.69) is 5.32 Å². The number of nitrogens with one attached hydrogen (secondary N) is 1. The second-order valence-corrected chi connectivity index (χ2v) is 5.82. The van der Waals surface area contributed by atoms with Crippen LogP contribution < -0.4 is 14.8 Å². The molecule has 24 heavy (non-hydrogen) atoms. The highest BCUT2D eigenvalue weighted by Crippen LogP contribution is 2.22. The topological polar surface area (TPSA) is 47.6 Å². The lowest BCUT2D eigenvalue weighted by molar-refractivity contribution is 0.0735. The minimum absolute atomic E-state index is 0.223. The van der Waals surface area contributed by atoms with Crippen LogP contribution in [0.4, 0.5) is 0 Å². The molecule has 0 amide bonds. The first-order valence-corrected chi connectivity index (χ1v) is 7.96. The maximum atomic E-state index is 12.3. The monoisotopic (exact) mass is 319 g/mol. The zero-order chi connectivity index (χ0) is 16.4. The van der Waals surface area contributed by atoms with Gasteiger partial charge in [-0.15, -0.1) is 0 Å². The Kier molecular flexibility index (Phi) is 3.89. The molecule has 0 spiro atoms. The van der Waals surface area contributed by atoms with E-state index < -0.39 is 0 Å². The summed E-state index contributed by atoms with van der Waals surface area (Å²) in [7, 11) is 0. The largest absolute Gasteiger partial charge is 0.488 e. The van der Waals surface area contributed by atoms with E-state index in [1.165, 1.54) is 0 Å². The minimum Gasteiger partial charge on any atom is -0.488 e. The van der Waals surface area contributed by atoms with Crippen LogP contribution in [0, 0.1) is 0 Å². The smallest absolute Gasteiger partial charge is 0.343 e. The first-order valence-electron chi connectivity index (χ1n) is 7.96. The molecule has 0 saturated carbocycles. The average Bonchev–Trinajstić information content (AvgIpc) is 2.58. The highest BCUT2D eigenvalue weighted by Gasteiger charge is 2.18. The van der Waals surface area contributed by atoms with Crippen LogP contribution in [0.25, 0.3) is 10.8 Å². The van der Waals surface area contributed by atoms with Gasteiger partial charge < -0.3 is 14.8 Å². The van der Waals surface area contributed by atoms with Gasteiger partial charge in [0.1, 0.15) is 17.6 Å². The maximum Gasteiger partial charge on any atom is 0.343 e. The van der Waals surface area contributed by atoms with E-state index in [0.717, 1.165) is 29.6 Å². The molecule has 1 fully saturated rings. The SMILES string of the molecule is O=C(Oc1ccc2ccccc2c1)c1ccc(OC2CNC2)cc1. The number of hydrogen-bond donors (Lipinski definition) is 1. The molecule has 0 radical (unpaired) electrons. The molecule has 4 heteroatoms. The number of hydrogen-bond acceptors (Lipinski definition) is 4. The number of carbonyl (C=O) groups is 1. The van der Waals surface area contributed by atoms with Gasteiger partial charge in [-0.1, -0.05) is 30.3 Å². The van der Waals surface area contributed by atoms with Crippen molar-refractivity contribution in [2.24, 2.45) is 0 Å². The molecule has 1 aliphatic rings. The van der Waals surface area contributed by atoms with Crippen molar-refractivity contribution in [1.82, 2.24) is 5.32 Å². The molecular formula is C20H17NO3. The third kappa shape index (κ3) is 3.09. The van der Waals surface area contributed by atoms with Crippen LogP contribution in [-0.4, -0.2) is 25.2 Å². The second-order valence-electron chi connectivity index (χ2n) is 5.82. The van der Waals surface area contributed by atoms with Gasteiger partial charge in [-0.2, -0.15) is 0 Å². The van der Waals surface area contributed by atoms with E-state index in [9.17, 15) is 4.79 Å². The molecule has 3 aromatic carbocycles. The van der Waals surface area contributed by atoms with Crippen LogP contribution in [0.2, 0.25) is 0 Å². The molecule has 0 atom stereocenters. The maximum absolute atomic E-state index is 12.3. The van der Waals surface area contributed by atoms with Crippen molar-refractivity contribution in [3.63, 3.8) is 0 Å². The summed E-state index contributed by atoms with van der Waals surface area (Å²) in [6.07, 6.45) is 0.223. The van der Waals surface area contributed by atoms with Crippen LogP contribution in [-0.2, 0) is 0 Å². The molecule has 1 saturated heterocycles. The van der Waals surface area contributed by atoms with E-state index in [-0.39, 0.29) is 12.1 Å². The van der Waals surface area contributed by atoms with Crippen LogP contribution in [0.5, 0.6) is 11.5 Å². The summed E-state index contributed by atoms with van der Waals surface area (Å²) in [5.41, 5.74) is 0.502. The van der Waals surface area contributed by atoms with Crippen molar-refractivity contribution in [2.45, 2.75) is 6.10 Å². The van der Waals surface area contributed by atoms with Gasteiger partial charge in [0.05, 0.1) is 5.56 Å². The van der Waals surface area contributed by atoms with Gasteiger partial charge in [0.2, 0.25) is 0 Å². The summed E-state index contributed by atoms with van der Waals surface area (Å²) < 4.78 is 11.2. The summed E-state index contributed by atoms with van der Waals surface area (Å²) >= 11 is 0. The van der Waals surface area contributed by atoms with Gasteiger partial charge >= 0.3 is 5.97 Å². The summed E-state index contributed by atoms with van der Waals surface area (Å²) in [4.78, 5) is 12.3. The molecule has 4 nitrogen and oxygen atoms in total. The Morgan fingerprint density at radius 2 is 1.58 bits per heavy atom. The fourth-order valence-corrected chi connectivity index (χ4v) is 2.60. The van der Waals surface area contributed by atoms with Crippen LogP contribution in [0.1, 0.15) is 10.4 Å². The van der Waals surface area contributed by atoms with Crippen molar-refractivity contribution >= 4 is 16.7 Å². The normalized spacial score (nSPS) is 14.2. The average molecular weight is 319 g/mol. The Labute approximate surface area is 140 Å². The Bertz CT molecular complexity index is 869. The van der Waals surface area contributed by atoms with E-state index in [1.807, 2.05) is 36.4 Å². The first kappa shape index (κ1) is 14.7. The number of ether oxygens (including phenoxy) is 2. The number of benzene rings is 3. The lowest BCUT2D eigenvalue weighted by Crippen LogP contribution is -2.50. The molecular weight excluding hydrogens is 302 g/mol. The van der Waals surface area contributed by atoms with Gasteiger partial charge in [0.15, 0.2) is 0 Å². The standard InChI is InChI=1S/C20H17NO3/c22-20(15-6-8-17(9-7-15)23-19-12-21-13-19)24-18-10-5-14-3-1-2-4-16(14)11-18/h1-11,19,21H,12-13H2. The Morgan fingerprint density at radius 3 is 2.29 bits per heavy atom. The van der Waals surface area contributed by atoms with Gasteiger partial charge in [0, 0.05) is 13.1 Å². The van der Waals surface area contributed by atoms with Gasteiger partial charge in [0.25, 0.3) is 0 Å². The quantitative estimate of drug-likeness (QED) is 0.591. The number of esters is 1. The predicted molar refractivity (Wildman–Crippen MR) is 92.6 cm³/mol. The van der Waals surface area contributed by atoms with Crippen molar-refractivity contribution in [3.05, 3.63) is 72.3 Å². The van der Waals surface area contributed by atoms with Crippen LogP contribution >= 0.6 is 0 Å². The number of carbonyl (C=O) groups excluding carboxylic acids is 1. The zero-order valence-electron chi connectivity index (χ0n) is 13.1. The Hall–Kier alpha value is -2.85. The van der Waals surface area contributed by atoms with Crippen molar-refractivity contribution in [1.29, 1.82) is 0 Å². The molecule has 1 N–H and O–H groups in total. The van der Waals surface area contributed by atoms with Gasteiger partial charge in [-0.25, -0.2) is 4.79 Å². The van der Waals surface area contributed by atoms with E-state index in [0.29, 0.717) is 11.3 Å². The molecule has 0 unspecified atom stereocenters. The molecule has 3 aromatic rings. The summed E-state index contributed by atoms with van der Waals surface area (Å²) in [6.45, 7) is 1.73. The Morgan fingerprint density at radius 1 is 0.875 bits per heavy atom. The van der Waals surface area contributed by atoms with Crippen molar-refractivity contribution < 1.29 is 14.3 Å². The fraction of sp³-hybridized carbons (Fsp3) is 0.150. The lowest BCUT2D eigenvalue weighted by atomic mass is 10.1. The Balaban J connectivity index is 1.46. The van der Waals surface area contributed by atoms with Crippen molar-refractivity contribution in [3.8, 4) is 11.5 Å². The minimum atomic E-state index is -0.373. The highest BCUT2D eigenvalue weighted by molar-refractivity contribution is 5.92. The third-order valence-electron chi connectivity index (χ3n) is 4.07. The molecule has 1 aliphatic heterocycles. The summed E-state index contributed by atoms with van der Waals surface area (Å²) in [6, 6.07) is 20.6. The highest BCUT2D eigenvalue weighted by atomic mass is 16.5. The summed E-state index contributed by atoms with van der Waals surface area (Å²) in [5, 5.41) is 5.31. The van der Waals surface area contributed by atoms with E-state index in [4.69, 9.17) is 9.47 Å². The van der Waals surface area contributed by atoms with Crippen LogP contribution in [0.3, 0.4) is 0 Å². The second kappa shape index (κ2) is 6.34. The van der Waals surface area contributed by atoms with E-state index >= 15 is 0 Å². The van der Waals surface area contributed by atoms with E-state index in [1.54, 1.807) is 30.3 Å².